The molecule has 3 rings (SSSR count). The van der Waals surface area contributed by atoms with Crippen molar-refractivity contribution in [3.05, 3.63) is 48.0 Å². The number of nitrogens with one attached hydrogen (secondary N) is 1. The molecule has 25 heavy (non-hydrogen) atoms. The number of anilines is 1. The first-order valence-corrected chi connectivity index (χ1v) is 8.62. The highest BCUT2D eigenvalue weighted by Gasteiger charge is 2.37. The van der Waals surface area contributed by atoms with Gasteiger partial charge in [0.05, 0.1) is 6.54 Å². The molecule has 2 amide bonds. The molecular formula is C19H24N4O2. The zero-order valence-corrected chi connectivity index (χ0v) is 14.9. The summed E-state index contributed by atoms with van der Waals surface area (Å²) in [6.45, 7) is 5.17. The number of rotatable bonds is 5. The van der Waals surface area contributed by atoms with Gasteiger partial charge in [-0.05, 0) is 30.0 Å². The van der Waals surface area contributed by atoms with Gasteiger partial charge in [0.15, 0.2) is 0 Å². The minimum absolute atomic E-state index is 0.130. The Morgan fingerprint density at radius 3 is 2.64 bits per heavy atom. The van der Waals surface area contributed by atoms with Crippen LogP contribution >= 0.6 is 0 Å². The molecule has 0 unspecified atom stereocenters. The van der Waals surface area contributed by atoms with E-state index in [1.54, 1.807) is 11.1 Å². The SMILES string of the molecule is CC(C)c1ccc(N2CC[C@@H](C(=O)NCc3nccn3C)C2=O)cc1. The van der Waals surface area contributed by atoms with Crippen molar-refractivity contribution < 1.29 is 9.59 Å². The van der Waals surface area contributed by atoms with Crippen molar-refractivity contribution in [1.82, 2.24) is 14.9 Å². The van der Waals surface area contributed by atoms with Crippen LogP contribution in [0.25, 0.3) is 0 Å². The van der Waals surface area contributed by atoms with E-state index in [2.05, 4.69) is 24.1 Å². The zero-order valence-electron chi connectivity index (χ0n) is 14.9. The highest BCUT2D eigenvalue weighted by molar-refractivity contribution is 6.09. The lowest BCUT2D eigenvalue weighted by Gasteiger charge is -2.18. The van der Waals surface area contributed by atoms with E-state index in [1.807, 2.05) is 42.1 Å². The van der Waals surface area contributed by atoms with Crippen molar-refractivity contribution in [3.63, 3.8) is 0 Å². The second-order valence-corrected chi connectivity index (χ2v) is 6.75. The van der Waals surface area contributed by atoms with E-state index < -0.39 is 5.92 Å². The smallest absolute Gasteiger partial charge is 0.239 e. The summed E-state index contributed by atoms with van der Waals surface area (Å²) in [5.41, 5.74) is 2.09. The summed E-state index contributed by atoms with van der Waals surface area (Å²) >= 11 is 0. The highest BCUT2D eigenvalue weighted by atomic mass is 16.2. The van der Waals surface area contributed by atoms with E-state index >= 15 is 0 Å². The molecule has 1 aromatic carbocycles. The summed E-state index contributed by atoms with van der Waals surface area (Å²) in [4.78, 5) is 30.9. The second-order valence-electron chi connectivity index (χ2n) is 6.75. The highest BCUT2D eigenvalue weighted by Crippen LogP contribution is 2.27. The minimum atomic E-state index is -0.620. The van der Waals surface area contributed by atoms with Crippen LogP contribution in [0.15, 0.2) is 36.7 Å². The number of imidazole rings is 1. The summed E-state index contributed by atoms with van der Waals surface area (Å²) < 4.78 is 1.85. The van der Waals surface area contributed by atoms with E-state index in [0.717, 1.165) is 11.5 Å². The monoisotopic (exact) mass is 340 g/mol. The van der Waals surface area contributed by atoms with E-state index in [1.165, 1.54) is 5.56 Å². The van der Waals surface area contributed by atoms with Crippen LogP contribution in [-0.4, -0.2) is 27.9 Å². The van der Waals surface area contributed by atoms with Gasteiger partial charge in [0.1, 0.15) is 11.7 Å². The Balaban J connectivity index is 1.62. The molecule has 1 aliphatic rings. The Labute approximate surface area is 147 Å². The Morgan fingerprint density at radius 2 is 2.04 bits per heavy atom. The van der Waals surface area contributed by atoms with Crippen LogP contribution in [0, 0.1) is 5.92 Å². The zero-order chi connectivity index (χ0) is 18.0. The third-order valence-electron chi connectivity index (χ3n) is 4.74. The van der Waals surface area contributed by atoms with Gasteiger partial charge in [0.2, 0.25) is 11.8 Å². The molecular weight excluding hydrogens is 316 g/mol. The largest absolute Gasteiger partial charge is 0.348 e. The fourth-order valence-electron chi connectivity index (χ4n) is 3.07. The van der Waals surface area contributed by atoms with E-state index in [-0.39, 0.29) is 11.8 Å². The summed E-state index contributed by atoms with van der Waals surface area (Å²) in [6.07, 6.45) is 4.05. The molecule has 0 spiro atoms. The average molecular weight is 340 g/mol. The van der Waals surface area contributed by atoms with Crippen LogP contribution in [0.5, 0.6) is 0 Å². The van der Waals surface area contributed by atoms with Crippen molar-refractivity contribution in [2.24, 2.45) is 13.0 Å². The van der Waals surface area contributed by atoms with E-state index in [0.29, 0.717) is 25.4 Å². The quantitative estimate of drug-likeness (QED) is 0.849. The van der Waals surface area contributed by atoms with Gasteiger partial charge < -0.3 is 14.8 Å². The number of nitrogens with zero attached hydrogens (tertiary/aromatic N) is 3. The maximum absolute atomic E-state index is 12.6. The molecule has 6 nitrogen and oxygen atoms in total. The summed E-state index contributed by atoms with van der Waals surface area (Å²) in [5, 5.41) is 2.82. The lowest BCUT2D eigenvalue weighted by atomic mass is 10.0. The lowest BCUT2D eigenvalue weighted by Crippen LogP contribution is -2.37. The predicted octanol–water partition coefficient (Wildman–Crippen LogP) is 2.21. The normalized spacial score (nSPS) is 17.4. The van der Waals surface area contributed by atoms with Gasteiger partial charge in [-0.1, -0.05) is 26.0 Å². The van der Waals surface area contributed by atoms with Gasteiger partial charge in [-0.3, -0.25) is 9.59 Å². The van der Waals surface area contributed by atoms with E-state index in [4.69, 9.17) is 0 Å². The van der Waals surface area contributed by atoms with E-state index in [9.17, 15) is 9.59 Å². The fraction of sp³-hybridized carbons (Fsp3) is 0.421. The average Bonchev–Trinajstić information content (AvgIpc) is 3.18. The lowest BCUT2D eigenvalue weighted by molar-refractivity contribution is -0.132. The Hall–Kier alpha value is -2.63. The van der Waals surface area contributed by atoms with Crippen molar-refractivity contribution in [1.29, 1.82) is 0 Å². The topological polar surface area (TPSA) is 67.2 Å². The van der Waals surface area contributed by atoms with Crippen molar-refractivity contribution in [3.8, 4) is 0 Å². The number of benzene rings is 1. The molecule has 0 aliphatic carbocycles. The number of carbonyl (C=O) groups excluding carboxylic acids is 2. The molecule has 1 saturated heterocycles. The standard InChI is InChI=1S/C19H24N4O2/c1-13(2)14-4-6-15(7-5-14)23-10-8-16(19(23)25)18(24)21-12-17-20-9-11-22(17)3/h4-7,9,11,13,16H,8,10,12H2,1-3H3,(H,21,24)/t16-/m0/s1. The van der Waals surface area contributed by atoms with Crippen LogP contribution < -0.4 is 10.2 Å². The molecule has 1 N–H and O–H groups in total. The summed E-state index contributed by atoms with van der Waals surface area (Å²) in [6, 6.07) is 8.01. The van der Waals surface area contributed by atoms with Crippen LogP contribution in [-0.2, 0) is 23.2 Å². The van der Waals surface area contributed by atoms with Gasteiger partial charge in [0.25, 0.3) is 0 Å². The molecule has 1 aliphatic heterocycles. The van der Waals surface area contributed by atoms with Crippen molar-refractivity contribution >= 4 is 17.5 Å². The first-order chi connectivity index (χ1) is 12.0. The van der Waals surface area contributed by atoms with Gasteiger partial charge in [-0.25, -0.2) is 4.98 Å². The number of aromatic nitrogens is 2. The molecule has 0 saturated carbocycles. The summed E-state index contributed by atoms with van der Waals surface area (Å²) in [5.74, 6) is 0.238. The van der Waals surface area contributed by atoms with Crippen LogP contribution in [0.1, 0.15) is 37.6 Å². The van der Waals surface area contributed by atoms with Crippen LogP contribution in [0.3, 0.4) is 0 Å². The molecule has 132 valence electrons. The molecule has 1 atom stereocenters. The number of amides is 2. The third kappa shape index (κ3) is 3.57. The Morgan fingerprint density at radius 1 is 1.32 bits per heavy atom. The molecule has 1 fully saturated rings. The third-order valence-corrected chi connectivity index (χ3v) is 4.74. The molecule has 6 heteroatoms. The summed E-state index contributed by atoms with van der Waals surface area (Å²) in [7, 11) is 1.87. The van der Waals surface area contributed by atoms with Crippen molar-refractivity contribution in [2.75, 3.05) is 11.4 Å². The number of hydrogen-bond donors (Lipinski definition) is 1. The molecule has 0 radical (unpaired) electrons. The van der Waals surface area contributed by atoms with Crippen LogP contribution in [0.2, 0.25) is 0 Å². The van der Waals surface area contributed by atoms with Crippen molar-refractivity contribution in [2.45, 2.75) is 32.7 Å². The van der Waals surface area contributed by atoms with Crippen LogP contribution in [0.4, 0.5) is 5.69 Å². The van der Waals surface area contributed by atoms with Gasteiger partial charge >= 0.3 is 0 Å². The number of aryl methyl sites for hydroxylation is 1. The molecule has 1 aromatic heterocycles. The Bertz CT molecular complexity index is 764. The van der Waals surface area contributed by atoms with Gasteiger partial charge in [-0.15, -0.1) is 0 Å². The molecule has 2 aromatic rings. The minimum Gasteiger partial charge on any atom is -0.348 e. The second kappa shape index (κ2) is 7.09. The fourth-order valence-corrected chi connectivity index (χ4v) is 3.07. The number of carbonyl (C=O) groups is 2. The molecule has 0 bridgehead atoms. The maximum atomic E-state index is 12.6. The molecule has 2 heterocycles. The Kier molecular flexibility index (Phi) is 4.88. The first kappa shape index (κ1) is 17.2. The maximum Gasteiger partial charge on any atom is 0.239 e. The number of hydrogen-bond acceptors (Lipinski definition) is 3. The first-order valence-electron chi connectivity index (χ1n) is 8.62. The van der Waals surface area contributed by atoms with Gasteiger partial charge in [0, 0.05) is 31.7 Å². The predicted molar refractivity (Wildman–Crippen MR) is 96.0 cm³/mol. The van der Waals surface area contributed by atoms with Gasteiger partial charge in [-0.2, -0.15) is 0 Å².